The van der Waals surface area contributed by atoms with Gasteiger partial charge in [0.2, 0.25) is 0 Å². The predicted octanol–water partition coefficient (Wildman–Crippen LogP) is 4.09. The van der Waals surface area contributed by atoms with Crippen LogP contribution in [-0.4, -0.2) is 0 Å². The summed E-state index contributed by atoms with van der Waals surface area (Å²) < 4.78 is 0. The minimum Gasteiger partial charge on any atom is -0.399 e. The molecule has 0 radical (unpaired) electrons. The van der Waals surface area contributed by atoms with Crippen LogP contribution in [-0.2, 0) is 6.42 Å². The number of hydrogen-bond acceptors (Lipinski definition) is 1. The molecular weight excluding hydrogens is 230 g/mol. The Kier molecular flexibility index (Phi) is 3.84. The van der Waals surface area contributed by atoms with Crippen LogP contribution in [0.25, 0.3) is 5.57 Å². The van der Waals surface area contributed by atoms with Crippen LogP contribution in [0.4, 0.5) is 5.69 Å². The highest BCUT2D eigenvalue weighted by Gasteiger charge is 2.02. The average Bonchev–Trinajstić information content (AvgIpc) is 2.38. The van der Waals surface area contributed by atoms with Gasteiger partial charge in [-0.2, -0.15) is 0 Å². The fourth-order valence-electron chi connectivity index (χ4n) is 1.72. The van der Waals surface area contributed by atoms with Crippen molar-refractivity contribution in [2.75, 3.05) is 5.73 Å². The summed E-state index contributed by atoms with van der Waals surface area (Å²) in [5.74, 6) is 0. The van der Waals surface area contributed by atoms with Gasteiger partial charge in [-0.3, -0.25) is 0 Å². The molecule has 0 aromatic heterocycles. The monoisotopic (exact) mass is 243 g/mol. The molecule has 0 bridgehead atoms. The fourth-order valence-corrected chi connectivity index (χ4v) is 1.92. The Morgan fingerprint density at radius 3 is 2.24 bits per heavy atom. The molecule has 0 saturated heterocycles. The summed E-state index contributed by atoms with van der Waals surface area (Å²) in [6.45, 7) is 0. The van der Waals surface area contributed by atoms with Gasteiger partial charge in [0.25, 0.3) is 0 Å². The van der Waals surface area contributed by atoms with Crippen molar-refractivity contribution < 1.29 is 0 Å². The number of allylic oxidation sites excluding steroid dienone is 1. The van der Waals surface area contributed by atoms with Crippen LogP contribution in [0, 0.1) is 0 Å². The molecule has 17 heavy (non-hydrogen) atoms. The minimum atomic E-state index is 0.766. The van der Waals surface area contributed by atoms with E-state index in [1.807, 2.05) is 42.5 Å². The number of nitrogens with two attached hydrogens (primary N) is 1. The van der Waals surface area contributed by atoms with Gasteiger partial charge < -0.3 is 5.73 Å². The Balaban J connectivity index is 2.21. The lowest BCUT2D eigenvalue weighted by molar-refractivity contribution is 1.28. The van der Waals surface area contributed by atoms with Crippen LogP contribution in [0.5, 0.6) is 0 Å². The number of halogens is 1. The second kappa shape index (κ2) is 5.55. The van der Waals surface area contributed by atoms with E-state index in [9.17, 15) is 0 Å². The van der Waals surface area contributed by atoms with E-state index in [2.05, 4.69) is 12.1 Å². The minimum absolute atomic E-state index is 0.766. The summed E-state index contributed by atoms with van der Waals surface area (Å²) in [6, 6.07) is 18.0. The van der Waals surface area contributed by atoms with E-state index in [-0.39, 0.29) is 0 Å². The summed E-state index contributed by atoms with van der Waals surface area (Å²) in [5, 5.41) is 0. The van der Waals surface area contributed by atoms with Crippen molar-refractivity contribution in [1.82, 2.24) is 0 Å². The molecule has 0 aliphatic heterocycles. The first-order valence-corrected chi connectivity index (χ1v) is 5.92. The molecule has 86 valence electrons. The zero-order chi connectivity index (χ0) is 12.1. The first kappa shape index (κ1) is 11.7. The van der Waals surface area contributed by atoms with Crippen molar-refractivity contribution >= 4 is 22.9 Å². The van der Waals surface area contributed by atoms with E-state index in [0.717, 1.165) is 23.2 Å². The van der Waals surface area contributed by atoms with E-state index in [1.54, 1.807) is 5.54 Å². The molecule has 0 fully saturated rings. The lowest BCUT2D eigenvalue weighted by Gasteiger charge is -2.07. The SMILES string of the molecule is Nc1ccc(C(=CCl)Cc2ccccc2)cc1. The van der Waals surface area contributed by atoms with E-state index in [4.69, 9.17) is 17.3 Å². The van der Waals surface area contributed by atoms with Crippen molar-refractivity contribution in [1.29, 1.82) is 0 Å². The molecular formula is C15H14ClN. The molecule has 2 rings (SSSR count). The summed E-state index contributed by atoms with van der Waals surface area (Å²) in [4.78, 5) is 0. The molecule has 0 unspecified atom stereocenters. The molecule has 0 amide bonds. The largest absolute Gasteiger partial charge is 0.399 e. The normalized spacial score (nSPS) is 11.5. The number of nitrogen functional groups attached to an aromatic ring is 1. The molecule has 2 N–H and O–H groups in total. The van der Waals surface area contributed by atoms with Crippen molar-refractivity contribution in [2.24, 2.45) is 0 Å². The summed E-state index contributed by atoms with van der Waals surface area (Å²) in [5.41, 5.74) is 11.5. The number of hydrogen-bond donors (Lipinski definition) is 1. The van der Waals surface area contributed by atoms with E-state index < -0.39 is 0 Å². The molecule has 0 saturated carbocycles. The van der Waals surface area contributed by atoms with Crippen LogP contribution in [0.15, 0.2) is 60.1 Å². The third kappa shape index (κ3) is 3.11. The van der Waals surface area contributed by atoms with Gasteiger partial charge >= 0.3 is 0 Å². The van der Waals surface area contributed by atoms with Gasteiger partial charge in [-0.25, -0.2) is 0 Å². The van der Waals surface area contributed by atoms with Gasteiger partial charge in [0.1, 0.15) is 0 Å². The average molecular weight is 244 g/mol. The van der Waals surface area contributed by atoms with Crippen molar-refractivity contribution in [3.63, 3.8) is 0 Å². The van der Waals surface area contributed by atoms with Gasteiger partial charge in [-0.15, -0.1) is 0 Å². The highest BCUT2D eigenvalue weighted by molar-refractivity contribution is 6.28. The molecule has 2 aromatic carbocycles. The fraction of sp³-hybridized carbons (Fsp3) is 0.0667. The Labute approximate surface area is 107 Å². The van der Waals surface area contributed by atoms with Gasteiger partial charge in [0, 0.05) is 11.2 Å². The lowest BCUT2D eigenvalue weighted by Crippen LogP contribution is -1.91. The zero-order valence-electron chi connectivity index (χ0n) is 9.44. The number of rotatable bonds is 3. The molecule has 0 aliphatic rings. The number of benzene rings is 2. The van der Waals surface area contributed by atoms with Gasteiger partial charge in [-0.05, 0) is 35.3 Å². The molecule has 0 atom stereocenters. The van der Waals surface area contributed by atoms with Crippen LogP contribution >= 0.6 is 11.6 Å². The molecule has 2 heteroatoms. The second-order valence-corrected chi connectivity index (χ2v) is 4.14. The van der Waals surface area contributed by atoms with Crippen LogP contribution < -0.4 is 5.73 Å². The quantitative estimate of drug-likeness (QED) is 0.808. The maximum Gasteiger partial charge on any atom is 0.0314 e. The first-order chi connectivity index (χ1) is 8.29. The van der Waals surface area contributed by atoms with Crippen LogP contribution in [0.1, 0.15) is 11.1 Å². The summed E-state index contributed by atoms with van der Waals surface area (Å²) in [7, 11) is 0. The molecule has 2 aromatic rings. The Morgan fingerprint density at radius 1 is 1.00 bits per heavy atom. The maximum absolute atomic E-state index is 5.90. The van der Waals surface area contributed by atoms with Crippen molar-refractivity contribution in [3.05, 3.63) is 71.3 Å². The number of anilines is 1. The Morgan fingerprint density at radius 2 is 1.65 bits per heavy atom. The third-order valence-corrected chi connectivity index (χ3v) is 2.91. The highest BCUT2D eigenvalue weighted by atomic mass is 35.5. The van der Waals surface area contributed by atoms with E-state index in [0.29, 0.717) is 0 Å². The molecule has 0 aliphatic carbocycles. The van der Waals surface area contributed by atoms with E-state index in [1.165, 1.54) is 5.56 Å². The Bertz CT molecular complexity index is 500. The maximum atomic E-state index is 5.90. The van der Waals surface area contributed by atoms with Crippen molar-refractivity contribution in [2.45, 2.75) is 6.42 Å². The standard InChI is InChI=1S/C15H14ClN/c16-11-14(10-12-4-2-1-3-5-12)13-6-8-15(17)9-7-13/h1-9,11H,10,17H2. The molecule has 0 spiro atoms. The third-order valence-electron chi connectivity index (χ3n) is 2.65. The Hall–Kier alpha value is -1.73. The van der Waals surface area contributed by atoms with E-state index >= 15 is 0 Å². The summed E-state index contributed by atoms with van der Waals surface area (Å²) in [6.07, 6.45) is 0.828. The van der Waals surface area contributed by atoms with Crippen molar-refractivity contribution in [3.8, 4) is 0 Å². The van der Waals surface area contributed by atoms with Gasteiger partial charge in [0.05, 0.1) is 0 Å². The second-order valence-electron chi connectivity index (χ2n) is 3.92. The van der Waals surface area contributed by atoms with Crippen LogP contribution in [0.2, 0.25) is 0 Å². The summed E-state index contributed by atoms with van der Waals surface area (Å²) >= 11 is 5.90. The van der Waals surface area contributed by atoms with Gasteiger partial charge in [-0.1, -0.05) is 54.1 Å². The highest BCUT2D eigenvalue weighted by Crippen LogP contribution is 2.21. The smallest absolute Gasteiger partial charge is 0.0314 e. The predicted molar refractivity (Wildman–Crippen MR) is 74.8 cm³/mol. The molecule has 1 nitrogen and oxygen atoms in total. The lowest BCUT2D eigenvalue weighted by atomic mass is 9.99. The molecule has 0 heterocycles. The van der Waals surface area contributed by atoms with Gasteiger partial charge in [0.15, 0.2) is 0 Å². The van der Waals surface area contributed by atoms with Crippen LogP contribution in [0.3, 0.4) is 0 Å². The topological polar surface area (TPSA) is 26.0 Å². The first-order valence-electron chi connectivity index (χ1n) is 5.48. The zero-order valence-corrected chi connectivity index (χ0v) is 10.2.